The predicted octanol–water partition coefficient (Wildman–Crippen LogP) is 2.32. The molecule has 0 saturated carbocycles. The maximum atomic E-state index is 12.8. The van der Waals surface area contributed by atoms with Gasteiger partial charge < -0.3 is 19.7 Å². The van der Waals surface area contributed by atoms with Crippen LogP contribution >= 0.6 is 0 Å². The highest BCUT2D eigenvalue weighted by atomic mass is 16.7. The van der Waals surface area contributed by atoms with Crippen LogP contribution in [0.4, 0.5) is 4.79 Å². The molecule has 0 unspecified atom stereocenters. The third-order valence-electron chi connectivity index (χ3n) is 5.51. The van der Waals surface area contributed by atoms with Gasteiger partial charge in [0.05, 0.1) is 0 Å². The summed E-state index contributed by atoms with van der Waals surface area (Å²) in [7, 11) is 0. The summed E-state index contributed by atoms with van der Waals surface area (Å²) in [6.07, 6.45) is 1.17. The first kappa shape index (κ1) is 20.7. The molecule has 2 aliphatic heterocycles. The fraction of sp³-hybridized carbons (Fsp3) is 0.348. The Balaban J connectivity index is 1.35. The van der Waals surface area contributed by atoms with Gasteiger partial charge in [-0.15, -0.1) is 0 Å². The van der Waals surface area contributed by atoms with Crippen LogP contribution < -0.4 is 14.8 Å². The Morgan fingerprint density at radius 3 is 2.65 bits per heavy atom. The highest BCUT2D eigenvalue weighted by Crippen LogP contribution is 2.32. The number of imide groups is 1. The molecule has 0 spiro atoms. The number of likely N-dealkylation sites (N-methyl/N-ethyl adjacent to an activating group) is 1. The molecule has 1 saturated heterocycles. The zero-order valence-corrected chi connectivity index (χ0v) is 17.4. The number of amides is 4. The molecule has 1 atom stereocenters. The van der Waals surface area contributed by atoms with Crippen molar-refractivity contribution in [1.29, 1.82) is 0 Å². The van der Waals surface area contributed by atoms with Crippen molar-refractivity contribution < 1.29 is 23.9 Å². The number of carbonyl (C=O) groups excluding carboxylic acids is 3. The van der Waals surface area contributed by atoms with Crippen LogP contribution in [0.5, 0.6) is 11.5 Å². The first-order valence-electron chi connectivity index (χ1n) is 10.4. The lowest BCUT2D eigenvalue weighted by molar-refractivity contribution is -0.137. The van der Waals surface area contributed by atoms with Crippen molar-refractivity contribution in [3.05, 3.63) is 59.7 Å². The second kappa shape index (κ2) is 9.07. The number of urea groups is 1. The van der Waals surface area contributed by atoms with E-state index in [0.717, 1.165) is 16.0 Å². The Hall–Kier alpha value is -3.55. The molecule has 2 aliphatic rings. The number of nitrogens with one attached hydrogen (secondary N) is 1. The van der Waals surface area contributed by atoms with Gasteiger partial charge in [-0.05, 0) is 43.0 Å². The molecule has 31 heavy (non-hydrogen) atoms. The molecule has 2 heterocycles. The first-order valence-corrected chi connectivity index (χ1v) is 10.4. The quantitative estimate of drug-likeness (QED) is 0.659. The number of fused-ring (bicyclic) bond motifs is 1. The summed E-state index contributed by atoms with van der Waals surface area (Å²) in [6.45, 7) is 2.58. The van der Waals surface area contributed by atoms with Crippen LogP contribution in [0, 0.1) is 0 Å². The van der Waals surface area contributed by atoms with E-state index >= 15 is 0 Å². The van der Waals surface area contributed by atoms with E-state index in [1.54, 1.807) is 4.90 Å². The third kappa shape index (κ3) is 4.63. The van der Waals surface area contributed by atoms with Crippen LogP contribution in [0.2, 0.25) is 0 Å². The van der Waals surface area contributed by atoms with E-state index < -0.39 is 12.1 Å². The van der Waals surface area contributed by atoms with Crippen LogP contribution in [0.1, 0.15) is 24.5 Å². The Morgan fingerprint density at radius 1 is 1.10 bits per heavy atom. The van der Waals surface area contributed by atoms with Crippen molar-refractivity contribution in [3.63, 3.8) is 0 Å². The van der Waals surface area contributed by atoms with E-state index in [9.17, 15) is 14.4 Å². The normalized spacial score (nSPS) is 17.1. The maximum Gasteiger partial charge on any atom is 0.325 e. The molecule has 8 heteroatoms. The van der Waals surface area contributed by atoms with Crippen molar-refractivity contribution in [1.82, 2.24) is 15.1 Å². The molecular weight excluding hydrogens is 398 g/mol. The highest BCUT2D eigenvalue weighted by Gasteiger charge is 2.39. The number of carbonyl (C=O) groups is 3. The number of benzene rings is 2. The Morgan fingerprint density at radius 2 is 1.87 bits per heavy atom. The second-order valence-corrected chi connectivity index (χ2v) is 7.55. The topological polar surface area (TPSA) is 88.2 Å². The molecule has 0 bridgehead atoms. The standard InChI is InChI=1S/C23H25N3O5/c1-2-25(13-17-9-11-19-20(12-17)31-15-30-19)21(27)14-26-22(28)18(24-23(26)29)10-8-16-6-4-3-5-7-16/h3-7,9,11-12,18H,2,8,10,13-15H2,1H3,(H,24,29)/t18-/m0/s1. The summed E-state index contributed by atoms with van der Waals surface area (Å²) >= 11 is 0. The number of nitrogens with zero attached hydrogens (tertiary/aromatic N) is 2. The van der Waals surface area contributed by atoms with Gasteiger partial charge in [-0.3, -0.25) is 14.5 Å². The molecule has 162 valence electrons. The highest BCUT2D eigenvalue weighted by molar-refractivity contribution is 6.06. The van der Waals surface area contributed by atoms with Crippen molar-refractivity contribution in [3.8, 4) is 11.5 Å². The van der Waals surface area contributed by atoms with Crippen molar-refractivity contribution in [2.75, 3.05) is 19.9 Å². The molecule has 4 amide bonds. The van der Waals surface area contributed by atoms with E-state index in [0.29, 0.717) is 37.4 Å². The van der Waals surface area contributed by atoms with E-state index in [1.165, 1.54) is 0 Å². The van der Waals surface area contributed by atoms with Gasteiger partial charge in [-0.2, -0.15) is 0 Å². The van der Waals surface area contributed by atoms with E-state index in [-0.39, 0.29) is 25.2 Å². The third-order valence-corrected chi connectivity index (χ3v) is 5.51. The molecule has 8 nitrogen and oxygen atoms in total. The van der Waals surface area contributed by atoms with Crippen LogP contribution in [-0.4, -0.2) is 53.6 Å². The minimum absolute atomic E-state index is 0.187. The van der Waals surface area contributed by atoms with Gasteiger partial charge in [0.2, 0.25) is 12.7 Å². The predicted molar refractivity (Wildman–Crippen MR) is 112 cm³/mol. The zero-order valence-electron chi connectivity index (χ0n) is 17.4. The molecule has 0 aliphatic carbocycles. The van der Waals surface area contributed by atoms with Crippen LogP contribution in [0.25, 0.3) is 0 Å². The molecule has 0 radical (unpaired) electrons. The van der Waals surface area contributed by atoms with E-state index in [1.807, 2.05) is 55.5 Å². The molecular formula is C23H25N3O5. The van der Waals surface area contributed by atoms with Gasteiger partial charge in [0.1, 0.15) is 12.6 Å². The van der Waals surface area contributed by atoms with Crippen molar-refractivity contribution in [2.45, 2.75) is 32.4 Å². The first-order chi connectivity index (χ1) is 15.0. The molecule has 4 rings (SSSR count). The summed E-state index contributed by atoms with van der Waals surface area (Å²) < 4.78 is 10.7. The summed E-state index contributed by atoms with van der Waals surface area (Å²) in [5, 5.41) is 2.70. The molecule has 1 N–H and O–H groups in total. The van der Waals surface area contributed by atoms with Crippen molar-refractivity contribution in [2.24, 2.45) is 0 Å². The van der Waals surface area contributed by atoms with E-state index in [2.05, 4.69) is 5.32 Å². The SMILES string of the molecule is CCN(Cc1ccc2c(c1)OCO2)C(=O)CN1C(=O)N[C@@H](CCc2ccccc2)C1=O. The number of aryl methyl sites for hydroxylation is 1. The lowest BCUT2D eigenvalue weighted by Crippen LogP contribution is -2.43. The Bertz CT molecular complexity index is 978. The zero-order chi connectivity index (χ0) is 21.8. The minimum Gasteiger partial charge on any atom is -0.454 e. The largest absolute Gasteiger partial charge is 0.454 e. The fourth-order valence-corrected chi connectivity index (χ4v) is 3.75. The number of hydrogen-bond acceptors (Lipinski definition) is 5. The number of hydrogen-bond donors (Lipinski definition) is 1. The molecule has 0 aromatic heterocycles. The maximum absolute atomic E-state index is 12.8. The number of ether oxygens (including phenoxy) is 2. The van der Waals surface area contributed by atoms with Crippen LogP contribution in [-0.2, 0) is 22.6 Å². The van der Waals surface area contributed by atoms with Gasteiger partial charge in [0, 0.05) is 13.1 Å². The average molecular weight is 423 g/mol. The summed E-state index contributed by atoms with van der Waals surface area (Å²) in [5.41, 5.74) is 1.98. The Kier molecular flexibility index (Phi) is 6.06. The number of rotatable bonds is 8. The van der Waals surface area contributed by atoms with Gasteiger partial charge in [-0.1, -0.05) is 36.4 Å². The van der Waals surface area contributed by atoms with Gasteiger partial charge in [0.25, 0.3) is 5.91 Å². The van der Waals surface area contributed by atoms with E-state index in [4.69, 9.17) is 9.47 Å². The van der Waals surface area contributed by atoms with Crippen LogP contribution in [0.15, 0.2) is 48.5 Å². The monoisotopic (exact) mass is 423 g/mol. The lowest BCUT2D eigenvalue weighted by atomic mass is 10.1. The summed E-state index contributed by atoms with van der Waals surface area (Å²) in [4.78, 5) is 40.5. The average Bonchev–Trinajstić information content (AvgIpc) is 3.36. The van der Waals surface area contributed by atoms with Crippen molar-refractivity contribution >= 4 is 17.8 Å². The smallest absolute Gasteiger partial charge is 0.325 e. The fourth-order valence-electron chi connectivity index (χ4n) is 3.75. The molecule has 1 fully saturated rings. The summed E-state index contributed by atoms with van der Waals surface area (Å²) in [6, 6.07) is 14.2. The molecule has 2 aromatic carbocycles. The van der Waals surface area contributed by atoms with Crippen LogP contribution in [0.3, 0.4) is 0 Å². The Labute approximate surface area is 180 Å². The van der Waals surface area contributed by atoms with Gasteiger partial charge in [0.15, 0.2) is 11.5 Å². The second-order valence-electron chi connectivity index (χ2n) is 7.55. The molecule has 2 aromatic rings. The lowest BCUT2D eigenvalue weighted by Gasteiger charge is -2.23. The minimum atomic E-state index is -0.607. The van der Waals surface area contributed by atoms with Gasteiger partial charge in [-0.25, -0.2) is 4.79 Å². The summed E-state index contributed by atoms with van der Waals surface area (Å²) in [5.74, 6) is 0.691. The van der Waals surface area contributed by atoms with Gasteiger partial charge >= 0.3 is 6.03 Å².